The van der Waals surface area contributed by atoms with Gasteiger partial charge in [0.1, 0.15) is 0 Å². The van der Waals surface area contributed by atoms with E-state index in [0.717, 1.165) is 5.56 Å². The van der Waals surface area contributed by atoms with Gasteiger partial charge >= 0.3 is 5.69 Å². The number of nitrogens with zero attached hydrogens (tertiary/aromatic N) is 2. The molecule has 17 heavy (non-hydrogen) atoms. The molecule has 2 N–H and O–H groups in total. The molecule has 2 aromatic rings. The fourth-order valence-corrected chi connectivity index (χ4v) is 1.66. The number of rotatable bonds is 3. The lowest BCUT2D eigenvalue weighted by Gasteiger charge is -2.13. The zero-order valence-electron chi connectivity index (χ0n) is 9.71. The zero-order chi connectivity index (χ0) is 12.3. The van der Waals surface area contributed by atoms with Crippen LogP contribution in [0.15, 0.2) is 47.5 Å². The first-order valence-electron chi connectivity index (χ1n) is 5.50. The molecule has 0 saturated carbocycles. The molecule has 0 bridgehead atoms. The Kier molecular flexibility index (Phi) is 3.35. The number of hydrogen-bond donors (Lipinski definition) is 1. The lowest BCUT2D eigenvalue weighted by Crippen LogP contribution is -2.27. The van der Waals surface area contributed by atoms with E-state index >= 15 is 0 Å². The van der Waals surface area contributed by atoms with Crippen LogP contribution in [-0.4, -0.2) is 9.55 Å². The summed E-state index contributed by atoms with van der Waals surface area (Å²) in [5.41, 5.74) is 8.00. The molecule has 1 aromatic carbocycles. The van der Waals surface area contributed by atoms with Gasteiger partial charge in [0.15, 0.2) is 0 Å². The summed E-state index contributed by atoms with van der Waals surface area (Å²) in [6.45, 7) is 2.47. The van der Waals surface area contributed by atoms with Gasteiger partial charge in [0.25, 0.3) is 0 Å². The van der Waals surface area contributed by atoms with Gasteiger partial charge in [-0.05, 0) is 18.6 Å². The molecular weight excluding hydrogens is 214 g/mol. The summed E-state index contributed by atoms with van der Waals surface area (Å²) in [7, 11) is 0. The van der Waals surface area contributed by atoms with Crippen molar-refractivity contribution in [3.05, 3.63) is 64.3 Å². The molecule has 0 aliphatic carbocycles. The van der Waals surface area contributed by atoms with E-state index < -0.39 is 0 Å². The van der Waals surface area contributed by atoms with Gasteiger partial charge in [-0.2, -0.15) is 0 Å². The number of nitrogens with two attached hydrogens (primary N) is 1. The summed E-state index contributed by atoms with van der Waals surface area (Å²) in [6.07, 6.45) is 3.18. The second-order valence-electron chi connectivity index (χ2n) is 4.07. The fourth-order valence-electron chi connectivity index (χ4n) is 1.66. The summed E-state index contributed by atoms with van der Waals surface area (Å²) in [5.74, 6) is 0. The predicted molar refractivity (Wildman–Crippen MR) is 66.6 cm³/mol. The molecule has 0 amide bonds. The van der Waals surface area contributed by atoms with Gasteiger partial charge in [0.2, 0.25) is 0 Å². The molecule has 88 valence electrons. The lowest BCUT2D eigenvalue weighted by atomic mass is 10.1. The first kappa shape index (κ1) is 11.5. The van der Waals surface area contributed by atoms with Crippen molar-refractivity contribution in [3.8, 4) is 0 Å². The van der Waals surface area contributed by atoms with Crippen LogP contribution in [0.3, 0.4) is 0 Å². The minimum atomic E-state index is -0.268. The van der Waals surface area contributed by atoms with Crippen LogP contribution in [0.4, 0.5) is 0 Å². The molecule has 0 aliphatic rings. The largest absolute Gasteiger partial charge is 0.347 e. The summed E-state index contributed by atoms with van der Waals surface area (Å²) in [5, 5.41) is 0. The predicted octanol–water partition coefficient (Wildman–Crippen LogP) is 1.25. The van der Waals surface area contributed by atoms with Crippen molar-refractivity contribution in [2.45, 2.75) is 19.5 Å². The van der Waals surface area contributed by atoms with Gasteiger partial charge in [-0.3, -0.25) is 4.57 Å². The van der Waals surface area contributed by atoms with Crippen molar-refractivity contribution < 1.29 is 0 Å². The first-order chi connectivity index (χ1) is 8.16. The molecule has 1 unspecified atom stereocenters. The lowest BCUT2D eigenvalue weighted by molar-refractivity contribution is 0.551. The van der Waals surface area contributed by atoms with Gasteiger partial charge in [-0.1, -0.05) is 29.8 Å². The maximum atomic E-state index is 11.4. The minimum Gasteiger partial charge on any atom is -0.322 e. The van der Waals surface area contributed by atoms with Crippen LogP contribution in [0.2, 0.25) is 0 Å². The van der Waals surface area contributed by atoms with Crippen LogP contribution in [-0.2, 0) is 6.54 Å². The molecule has 2 rings (SSSR count). The van der Waals surface area contributed by atoms with E-state index in [1.54, 1.807) is 12.3 Å². The summed E-state index contributed by atoms with van der Waals surface area (Å²) >= 11 is 0. The summed E-state index contributed by atoms with van der Waals surface area (Å²) in [4.78, 5) is 15.1. The van der Waals surface area contributed by atoms with E-state index in [4.69, 9.17) is 5.73 Å². The Labute approximate surface area is 99.7 Å². The Morgan fingerprint density at radius 3 is 2.71 bits per heavy atom. The van der Waals surface area contributed by atoms with Crippen molar-refractivity contribution in [1.82, 2.24) is 9.55 Å². The topological polar surface area (TPSA) is 60.9 Å². The Balaban J connectivity index is 2.17. The molecule has 1 heterocycles. The molecule has 1 atom stereocenters. The third kappa shape index (κ3) is 2.79. The second kappa shape index (κ2) is 4.93. The van der Waals surface area contributed by atoms with Crippen molar-refractivity contribution in [2.75, 3.05) is 0 Å². The van der Waals surface area contributed by atoms with Crippen molar-refractivity contribution in [2.24, 2.45) is 5.73 Å². The molecule has 4 nitrogen and oxygen atoms in total. The quantitative estimate of drug-likeness (QED) is 0.861. The SMILES string of the molecule is Cc1ccc(C(N)Cn2cccnc2=O)cc1. The highest BCUT2D eigenvalue weighted by Gasteiger charge is 2.07. The number of aryl methyl sites for hydroxylation is 1. The zero-order valence-corrected chi connectivity index (χ0v) is 9.71. The van der Waals surface area contributed by atoms with Crippen LogP contribution in [0.5, 0.6) is 0 Å². The molecular formula is C13H15N3O. The van der Waals surface area contributed by atoms with Gasteiger partial charge in [-0.15, -0.1) is 0 Å². The standard InChI is InChI=1S/C13H15N3O/c1-10-3-5-11(6-4-10)12(14)9-16-8-2-7-15-13(16)17/h2-8,12H,9,14H2,1H3. The highest BCUT2D eigenvalue weighted by Crippen LogP contribution is 2.12. The smallest absolute Gasteiger partial charge is 0.322 e. The minimum absolute atomic E-state index is 0.197. The number of benzene rings is 1. The normalized spacial score (nSPS) is 12.4. The van der Waals surface area contributed by atoms with Crippen LogP contribution in [0.1, 0.15) is 17.2 Å². The third-order valence-electron chi connectivity index (χ3n) is 2.68. The monoisotopic (exact) mass is 229 g/mol. The molecule has 4 heteroatoms. The molecule has 0 radical (unpaired) electrons. The molecule has 1 aromatic heterocycles. The van der Waals surface area contributed by atoms with Crippen LogP contribution in [0, 0.1) is 6.92 Å². The molecule has 0 fully saturated rings. The third-order valence-corrected chi connectivity index (χ3v) is 2.68. The van der Waals surface area contributed by atoms with E-state index in [9.17, 15) is 4.79 Å². The highest BCUT2D eigenvalue weighted by atomic mass is 16.1. The summed E-state index contributed by atoms with van der Waals surface area (Å²) < 4.78 is 1.52. The summed E-state index contributed by atoms with van der Waals surface area (Å²) in [6, 6.07) is 9.53. The van der Waals surface area contributed by atoms with Gasteiger partial charge < -0.3 is 5.73 Å². The first-order valence-corrected chi connectivity index (χ1v) is 5.50. The van der Waals surface area contributed by atoms with E-state index in [2.05, 4.69) is 4.98 Å². The molecule has 0 spiro atoms. The average Bonchev–Trinajstić information content (AvgIpc) is 2.33. The molecule has 0 saturated heterocycles. The van der Waals surface area contributed by atoms with E-state index in [1.165, 1.54) is 16.3 Å². The molecule has 0 aliphatic heterocycles. The van der Waals surface area contributed by atoms with Crippen molar-refractivity contribution in [3.63, 3.8) is 0 Å². The Bertz CT molecular complexity index is 545. The van der Waals surface area contributed by atoms with E-state index in [-0.39, 0.29) is 11.7 Å². The highest BCUT2D eigenvalue weighted by molar-refractivity contribution is 5.23. The van der Waals surface area contributed by atoms with Crippen LogP contribution in [0.25, 0.3) is 0 Å². The van der Waals surface area contributed by atoms with Crippen LogP contribution >= 0.6 is 0 Å². The van der Waals surface area contributed by atoms with Gasteiger partial charge in [0.05, 0.1) is 0 Å². The van der Waals surface area contributed by atoms with Gasteiger partial charge in [0, 0.05) is 25.0 Å². The maximum absolute atomic E-state index is 11.4. The van der Waals surface area contributed by atoms with E-state index in [1.807, 2.05) is 31.2 Å². The average molecular weight is 229 g/mol. The number of hydrogen-bond acceptors (Lipinski definition) is 3. The Morgan fingerprint density at radius 1 is 1.35 bits per heavy atom. The fraction of sp³-hybridized carbons (Fsp3) is 0.231. The Hall–Kier alpha value is -1.94. The van der Waals surface area contributed by atoms with Crippen molar-refractivity contribution >= 4 is 0 Å². The maximum Gasteiger partial charge on any atom is 0.347 e. The van der Waals surface area contributed by atoms with E-state index in [0.29, 0.717) is 6.54 Å². The van der Waals surface area contributed by atoms with Crippen molar-refractivity contribution in [1.29, 1.82) is 0 Å². The van der Waals surface area contributed by atoms with Crippen LogP contribution < -0.4 is 11.4 Å². The second-order valence-corrected chi connectivity index (χ2v) is 4.07. The van der Waals surface area contributed by atoms with Gasteiger partial charge in [-0.25, -0.2) is 9.78 Å². The Morgan fingerprint density at radius 2 is 2.06 bits per heavy atom. The number of aromatic nitrogens is 2.